The van der Waals surface area contributed by atoms with Gasteiger partial charge in [0.25, 0.3) is 0 Å². The first kappa shape index (κ1) is 13.4. The number of hydrogen-bond donors (Lipinski definition) is 1. The predicted octanol–water partition coefficient (Wildman–Crippen LogP) is 2.60. The number of benzene rings is 1. The highest BCUT2D eigenvalue weighted by molar-refractivity contribution is 6.31. The van der Waals surface area contributed by atoms with Crippen LogP contribution in [-0.2, 0) is 11.3 Å². The molecule has 0 saturated carbocycles. The molecule has 1 aromatic carbocycles. The summed E-state index contributed by atoms with van der Waals surface area (Å²) in [5.41, 5.74) is 2.47. The fourth-order valence-electron chi connectivity index (χ4n) is 3.06. The lowest BCUT2D eigenvalue weighted by Gasteiger charge is -2.35. The molecule has 3 nitrogen and oxygen atoms in total. The van der Waals surface area contributed by atoms with Gasteiger partial charge in [-0.3, -0.25) is 0 Å². The van der Waals surface area contributed by atoms with Crippen molar-refractivity contribution in [2.75, 3.05) is 26.7 Å². The van der Waals surface area contributed by atoms with Crippen LogP contribution in [0.25, 0.3) is 0 Å². The Morgan fingerprint density at radius 3 is 2.89 bits per heavy atom. The van der Waals surface area contributed by atoms with Crippen LogP contribution in [0.4, 0.5) is 0 Å². The van der Waals surface area contributed by atoms with Gasteiger partial charge in [0.05, 0.1) is 19.3 Å². The second kappa shape index (κ2) is 5.80. The SMILES string of the molecule is CN1CCC(NC2COCc3cccc(Cl)c32)CC1. The fraction of sp³-hybridized carbons (Fsp3) is 0.600. The maximum Gasteiger partial charge on any atom is 0.0721 e. The van der Waals surface area contributed by atoms with E-state index in [1.54, 1.807) is 0 Å². The Kier molecular flexibility index (Phi) is 4.08. The second-order valence-corrected chi connectivity index (χ2v) is 6.03. The number of nitrogens with one attached hydrogen (secondary N) is 1. The minimum absolute atomic E-state index is 0.242. The van der Waals surface area contributed by atoms with Crippen molar-refractivity contribution in [1.29, 1.82) is 0 Å². The molecule has 2 aliphatic rings. The number of likely N-dealkylation sites (tertiary alicyclic amines) is 1. The average Bonchev–Trinajstić information content (AvgIpc) is 2.42. The monoisotopic (exact) mass is 280 g/mol. The van der Waals surface area contributed by atoms with Crippen molar-refractivity contribution in [1.82, 2.24) is 10.2 Å². The van der Waals surface area contributed by atoms with Crippen molar-refractivity contribution < 1.29 is 4.74 Å². The Balaban J connectivity index is 1.73. The maximum atomic E-state index is 6.37. The molecule has 1 N–H and O–H groups in total. The van der Waals surface area contributed by atoms with Gasteiger partial charge in [-0.05, 0) is 50.2 Å². The van der Waals surface area contributed by atoms with E-state index >= 15 is 0 Å². The lowest BCUT2D eigenvalue weighted by molar-refractivity contribution is 0.0743. The van der Waals surface area contributed by atoms with Crippen molar-refractivity contribution in [3.8, 4) is 0 Å². The van der Waals surface area contributed by atoms with E-state index in [1.807, 2.05) is 12.1 Å². The van der Waals surface area contributed by atoms with E-state index in [-0.39, 0.29) is 6.04 Å². The molecule has 0 bridgehead atoms. The minimum Gasteiger partial charge on any atom is -0.375 e. The molecule has 2 heterocycles. The molecule has 0 amide bonds. The molecule has 0 aliphatic carbocycles. The lowest BCUT2D eigenvalue weighted by atomic mass is 9.96. The average molecular weight is 281 g/mol. The summed E-state index contributed by atoms with van der Waals surface area (Å²) in [6.45, 7) is 3.74. The third-order valence-corrected chi connectivity index (χ3v) is 4.52. The van der Waals surface area contributed by atoms with Crippen LogP contribution in [0.2, 0.25) is 5.02 Å². The Morgan fingerprint density at radius 1 is 1.32 bits per heavy atom. The van der Waals surface area contributed by atoms with Crippen LogP contribution in [0.3, 0.4) is 0 Å². The largest absolute Gasteiger partial charge is 0.375 e. The molecule has 0 aromatic heterocycles. The van der Waals surface area contributed by atoms with Gasteiger partial charge in [-0.25, -0.2) is 0 Å². The Hall–Kier alpha value is -0.610. The highest BCUT2D eigenvalue weighted by Gasteiger charge is 2.26. The van der Waals surface area contributed by atoms with Crippen LogP contribution < -0.4 is 5.32 Å². The molecule has 1 saturated heterocycles. The van der Waals surface area contributed by atoms with Crippen molar-refractivity contribution in [2.45, 2.75) is 31.5 Å². The number of hydrogen-bond acceptors (Lipinski definition) is 3. The molecule has 0 spiro atoms. The molecule has 104 valence electrons. The van der Waals surface area contributed by atoms with Gasteiger partial charge in [0, 0.05) is 11.1 Å². The van der Waals surface area contributed by atoms with Crippen LogP contribution in [0, 0.1) is 0 Å². The zero-order chi connectivity index (χ0) is 13.2. The molecule has 1 fully saturated rings. The van der Waals surface area contributed by atoms with Crippen molar-refractivity contribution in [3.63, 3.8) is 0 Å². The van der Waals surface area contributed by atoms with Crippen LogP contribution in [-0.4, -0.2) is 37.7 Å². The van der Waals surface area contributed by atoms with Gasteiger partial charge >= 0.3 is 0 Å². The van der Waals surface area contributed by atoms with Crippen molar-refractivity contribution in [3.05, 3.63) is 34.3 Å². The number of nitrogens with zero attached hydrogens (tertiary/aromatic N) is 1. The molecule has 3 rings (SSSR count). The number of rotatable bonds is 2. The zero-order valence-corrected chi connectivity index (χ0v) is 12.1. The van der Waals surface area contributed by atoms with Crippen molar-refractivity contribution >= 4 is 11.6 Å². The van der Waals surface area contributed by atoms with Gasteiger partial charge in [0.2, 0.25) is 0 Å². The summed E-state index contributed by atoms with van der Waals surface area (Å²) in [6.07, 6.45) is 2.40. The van der Waals surface area contributed by atoms with Gasteiger partial charge < -0.3 is 15.0 Å². The zero-order valence-electron chi connectivity index (χ0n) is 11.4. The van der Waals surface area contributed by atoms with E-state index in [9.17, 15) is 0 Å². The molecule has 0 radical (unpaired) electrons. The van der Waals surface area contributed by atoms with Crippen LogP contribution in [0.15, 0.2) is 18.2 Å². The van der Waals surface area contributed by atoms with E-state index in [0.717, 1.165) is 11.6 Å². The first-order valence-corrected chi connectivity index (χ1v) is 7.41. The van der Waals surface area contributed by atoms with E-state index in [2.05, 4.69) is 23.3 Å². The summed E-state index contributed by atoms with van der Waals surface area (Å²) in [5.74, 6) is 0. The first-order chi connectivity index (χ1) is 9.24. The van der Waals surface area contributed by atoms with Crippen LogP contribution >= 0.6 is 11.6 Å². The Morgan fingerprint density at radius 2 is 2.11 bits per heavy atom. The molecule has 2 aliphatic heterocycles. The molecular weight excluding hydrogens is 260 g/mol. The Bertz CT molecular complexity index is 444. The van der Waals surface area contributed by atoms with Gasteiger partial charge in [0.1, 0.15) is 0 Å². The van der Waals surface area contributed by atoms with E-state index in [1.165, 1.54) is 37.1 Å². The first-order valence-electron chi connectivity index (χ1n) is 7.03. The Labute approximate surface area is 119 Å². The molecule has 1 atom stereocenters. The summed E-state index contributed by atoms with van der Waals surface area (Å²) in [4.78, 5) is 2.39. The lowest BCUT2D eigenvalue weighted by Crippen LogP contribution is -2.44. The van der Waals surface area contributed by atoms with E-state index in [0.29, 0.717) is 12.6 Å². The summed E-state index contributed by atoms with van der Waals surface area (Å²) in [5, 5.41) is 4.61. The highest BCUT2D eigenvalue weighted by Crippen LogP contribution is 2.32. The number of fused-ring (bicyclic) bond motifs is 1. The van der Waals surface area contributed by atoms with Gasteiger partial charge in [0.15, 0.2) is 0 Å². The highest BCUT2D eigenvalue weighted by atomic mass is 35.5. The van der Waals surface area contributed by atoms with Gasteiger partial charge in [-0.2, -0.15) is 0 Å². The minimum atomic E-state index is 0.242. The quantitative estimate of drug-likeness (QED) is 0.901. The molecular formula is C15H21ClN2O. The third-order valence-electron chi connectivity index (χ3n) is 4.19. The molecule has 1 unspecified atom stereocenters. The predicted molar refractivity (Wildman–Crippen MR) is 77.5 cm³/mol. The summed E-state index contributed by atoms with van der Waals surface area (Å²) in [7, 11) is 2.19. The van der Waals surface area contributed by atoms with Crippen LogP contribution in [0.1, 0.15) is 30.0 Å². The summed E-state index contributed by atoms with van der Waals surface area (Å²) in [6, 6.07) is 6.92. The fourth-order valence-corrected chi connectivity index (χ4v) is 3.38. The normalized spacial score (nSPS) is 25.3. The molecule has 1 aromatic rings. The molecule has 4 heteroatoms. The topological polar surface area (TPSA) is 24.5 Å². The number of piperidine rings is 1. The van der Waals surface area contributed by atoms with E-state index < -0.39 is 0 Å². The third kappa shape index (κ3) is 2.95. The van der Waals surface area contributed by atoms with Crippen LogP contribution in [0.5, 0.6) is 0 Å². The standard InChI is InChI=1S/C15H21ClN2O/c1-18-7-5-12(6-8-18)17-14-10-19-9-11-3-2-4-13(16)15(11)14/h2-4,12,14,17H,5-10H2,1H3. The van der Waals surface area contributed by atoms with E-state index in [4.69, 9.17) is 16.3 Å². The van der Waals surface area contributed by atoms with Gasteiger partial charge in [-0.1, -0.05) is 23.7 Å². The molecule has 19 heavy (non-hydrogen) atoms. The van der Waals surface area contributed by atoms with Gasteiger partial charge in [-0.15, -0.1) is 0 Å². The smallest absolute Gasteiger partial charge is 0.0721 e. The van der Waals surface area contributed by atoms with Crippen molar-refractivity contribution in [2.24, 2.45) is 0 Å². The second-order valence-electron chi connectivity index (χ2n) is 5.62. The maximum absolute atomic E-state index is 6.37. The number of halogens is 1. The number of ether oxygens (including phenoxy) is 1. The summed E-state index contributed by atoms with van der Waals surface area (Å²) < 4.78 is 5.69. The summed E-state index contributed by atoms with van der Waals surface area (Å²) >= 11 is 6.37.